The number of nitrogens with one attached hydrogen (secondary N) is 1. The lowest BCUT2D eigenvalue weighted by atomic mass is 10.2. The van der Waals surface area contributed by atoms with Gasteiger partial charge in [-0.3, -0.25) is 24.5 Å². The van der Waals surface area contributed by atoms with Gasteiger partial charge in [0.2, 0.25) is 5.91 Å². The van der Waals surface area contributed by atoms with E-state index in [2.05, 4.69) is 15.3 Å². The SMILES string of the molecule is Cc1nc(NC(=O)CCCn2c(=O)oc3cc([N+](=O)[O-])ccc32)sc1-c1ccccn1. The third-order valence-corrected chi connectivity index (χ3v) is 5.68. The largest absolute Gasteiger partial charge is 0.419 e. The topological polar surface area (TPSA) is 133 Å². The summed E-state index contributed by atoms with van der Waals surface area (Å²) in [5.41, 5.74) is 2.01. The molecule has 1 amide bonds. The summed E-state index contributed by atoms with van der Waals surface area (Å²) >= 11 is 1.35. The Kier molecular flexibility index (Phi) is 5.58. The van der Waals surface area contributed by atoms with Gasteiger partial charge in [-0.25, -0.2) is 9.78 Å². The number of aryl methyl sites for hydroxylation is 2. The second-order valence-electron chi connectivity index (χ2n) is 6.73. The van der Waals surface area contributed by atoms with Crippen LogP contribution in [0.25, 0.3) is 21.7 Å². The smallest absolute Gasteiger partial charge is 0.407 e. The van der Waals surface area contributed by atoms with E-state index in [0.717, 1.165) is 16.3 Å². The van der Waals surface area contributed by atoms with Gasteiger partial charge in [0.25, 0.3) is 5.69 Å². The number of nitro benzene ring substituents is 1. The first-order valence-electron chi connectivity index (χ1n) is 9.39. The summed E-state index contributed by atoms with van der Waals surface area (Å²) in [5.74, 6) is -0.843. The van der Waals surface area contributed by atoms with Gasteiger partial charge in [-0.1, -0.05) is 17.4 Å². The van der Waals surface area contributed by atoms with Crippen molar-refractivity contribution in [2.75, 3.05) is 5.32 Å². The Morgan fingerprint density at radius 3 is 2.90 bits per heavy atom. The molecule has 0 aliphatic carbocycles. The van der Waals surface area contributed by atoms with Gasteiger partial charge in [-0.2, -0.15) is 0 Å². The molecule has 1 aromatic carbocycles. The molecule has 3 aromatic heterocycles. The Morgan fingerprint density at radius 2 is 2.16 bits per heavy atom. The van der Waals surface area contributed by atoms with Crippen LogP contribution in [0.1, 0.15) is 18.5 Å². The Morgan fingerprint density at radius 1 is 1.32 bits per heavy atom. The molecule has 0 bridgehead atoms. The fourth-order valence-electron chi connectivity index (χ4n) is 3.14. The third-order valence-electron chi connectivity index (χ3n) is 4.59. The minimum absolute atomic E-state index is 0.143. The van der Waals surface area contributed by atoms with Crippen molar-refractivity contribution in [1.29, 1.82) is 0 Å². The highest BCUT2D eigenvalue weighted by Crippen LogP contribution is 2.31. The third kappa shape index (κ3) is 4.36. The molecule has 31 heavy (non-hydrogen) atoms. The van der Waals surface area contributed by atoms with Crippen LogP contribution in [0, 0.1) is 17.0 Å². The first-order valence-corrected chi connectivity index (χ1v) is 10.2. The van der Waals surface area contributed by atoms with Gasteiger partial charge in [0.1, 0.15) is 0 Å². The van der Waals surface area contributed by atoms with Crippen molar-refractivity contribution in [1.82, 2.24) is 14.5 Å². The van der Waals surface area contributed by atoms with Crippen LogP contribution in [-0.2, 0) is 11.3 Å². The molecule has 4 aromatic rings. The van der Waals surface area contributed by atoms with Crippen LogP contribution in [0.3, 0.4) is 0 Å². The van der Waals surface area contributed by atoms with Crippen molar-refractivity contribution in [2.45, 2.75) is 26.3 Å². The Balaban J connectivity index is 1.39. The molecule has 0 atom stereocenters. The number of hydrogen-bond acceptors (Lipinski definition) is 8. The van der Waals surface area contributed by atoms with Crippen LogP contribution in [-0.4, -0.2) is 25.4 Å². The van der Waals surface area contributed by atoms with Crippen LogP contribution < -0.4 is 11.1 Å². The molecule has 0 aliphatic heterocycles. The number of carbonyl (C=O) groups is 1. The molecular weight excluding hydrogens is 422 g/mol. The van der Waals surface area contributed by atoms with E-state index in [9.17, 15) is 19.7 Å². The summed E-state index contributed by atoms with van der Waals surface area (Å²) in [5, 5.41) is 14.1. The number of nitro groups is 1. The number of nitrogens with zero attached hydrogens (tertiary/aromatic N) is 4. The van der Waals surface area contributed by atoms with Crippen molar-refractivity contribution in [3.05, 3.63) is 69.0 Å². The maximum absolute atomic E-state index is 12.3. The van der Waals surface area contributed by atoms with Gasteiger partial charge in [-0.15, -0.1) is 0 Å². The second-order valence-corrected chi connectivity index (χ2v) is 7.73. The molecule has 0 aliphatic rings. The van der Waals surface area contributed by atoms with E-state index in [0.29, 0.717) is 17.1 Å². The molecule has 11 heteroatoms. The Bertz CT molecular complexity index is 1320. The average Bonchev–Trinajstić information content (AvgIpc) is 3.27. The highest BCUT2D eigenvalue weighted by Gasteiger charge is 2.15. The summed E-state index contributed by atoms with van der Waals surface area (Å²) in [6.45, 7) is 2.10. The first kappa shape index (κ1) is 20.4. The normalized spacial score (nSPS) is 11.0. The molecule has 4 rings (SSSR count). The molecule has 3 heterocycles. The van der Waals surface area contributed by atoms with Gasteiger partial charge in [0, 0.05) is 25.2 Å². The number of carbonyl (C=O) groups excluding carboxylic acids is 1. The quantitative estimate of drug-likeness (QED) is 0.342. The predicted molar refractivity (Wildman–Crippen MR) is 115 cm³/mol. The summed E-state index contributed by atoms with van der Waals surface area (Å²) in [7, 11) is 0. The zero-order chi connectivity index (χ0) is 22.0. The highest BCUT2D eigenvalue weighted by atomic mass is 32.1. The lowest BCUT2D eigenvalue weighted by Gasteiger charge is -2.03. The van der Waals surface area contributed by atoms with Crippen molar-refractivity contribution in [3.63, 3.8) is 0 Å². The molecule has 10 nitrogen and oxygen atoms in total. The zero-order valence-corrected chi connectivity index (χ0v) is 17.2. The molecule has 0 saturated carbocycles. The molecule has 0 spiro atoms. The van der Waals surface area contributed by atoms with E-state index in [-0.39, 0.29) is 30.1 Å². The van der Waals surface area contributed by atoms with Crippen molar-refractivity contribution in [2.24, 2.45) is 0 Å². The molecule has 0 fully saturated rings. The lowest BCUT2D eigenvalue weighted by Crippen LogP contribution is -2.17. The predicted octanol–water partition coefficient (Wildman–Crippen LogP) is 3.75. The monoisotopic (exact) mass is 439 g/mol. The van der Waals surface area contributed by atoms with Gasteiger partial charge < -0.3 is 9.73 Å². The number of pyridine rings is 1. The number of non-ortho nitro benzene ring substituents is 1. The number of thiazole rings is 1. The summed E-state index contributed by atoms with van der Waals surface area (Å²) in [4.78, 5) is 44.3. The van der Waals surface area contributed by atoms with Crippen LogP contribution in [0.5, 0.6) is 0 Å². The van der Waals surface area contributed by atoms with Crippen molar-refractivity contribution in [3.8, 4) is 10.6 Å². The number of benzene rings is 1. The highest BCUT2D eigenvalue weighted by molar-refractivity contribution is 7.19. The zero-order valence-electron chi connectivity index (χ0n) is 16.4. The standard InChI is InChI=1S/C20H17N5O5S/c1-12-18(14-5-2-3-9-21-14)31-19(22-12)23-17(26)6-4-10-24-15-8-7-13(25(28)29)11-16(15)30-20(24)27/h2-3,5,7-9,11H,4,6,10H2,1H3,(H,22,23,26). The van der Waals surface area contributed by atoms with Crippen LogP contribution in [0.4, 0.5) is 10.8 Å². The molecule has 0 radical (unpaired) electrons. The first-order chi connectivity index (χ1) is 14.9. The fraction of sp³-hybridized carbons (Fsp3) is 0.200. The maximum Gasteiger partial charge on any atom is 0.419 e. The second kappa shape index (κ2) is 8.48. The van der Waals surface area contributed by atoms with Gasteiger partial charge >= 0.3 is 5.76 Å². The Labute approximate surface area is 179 Å². The number of fused-ring (bicyclic) bond motifs is 1. The summed E-state index contributed by atoms with van der Waals surface area (Å²) in [6.07, 6.45) is 2.25. The minimum Gasteiger partial charge on any atom is -0.407 e. The fourth-order valence-corrected chi connectivity index (χ4v) is 4.10. The van der Waals surface area contributed by atoms with E-state index < -0.39 is 10.7 Å². The number of anilines is 1. The van der Waals surface area contributed by atoms with Crippen LogP contribution in [0.15, 0.2) is 51.8 Å². The number of amides is 1. The van der Waals surface area contributed by atoms with E-state index in [1.54, 1.807) is 6.20 Å². The number of rotatable bonds is 7. The molecule has 1 N–H and O–H groups in total. The number of aromatic nitrogens is 3. The summed E-state index contributed by atoms with van der Waals surface area (Å²) in [6, 6.07) is 9.59. The van der Waals surface area contributed by atoms with Crippen molar-refractivity contribution >= 4 is 39.2 Å². The molecule has 158 valence electrons. The number of hydrogen-bond donors (Lipinski definition) is 1. The van der Waals surface area contributed by atoms with Crippen molar-refractivity contribution < 1.29 is 14.1 Å². The van der Waals surface area contributed by atoms with Crippen LogP contribution >= 0.6 is 11.3 Å². The van der Waals surface area contributed by atoms with E-state index >= 15 is 0 Å². The van der Waals surface area contributed by atoms with Gasteiger partial charge in [-0.05, 0) is 31.5 Å². The molecular formula is C20H17N5O5S. The molecule has 0 saturated heterocycles. The maximum atomic E-state index is 12.3. The van der Waals surface area contributed by atoms with E-state index in [4.69, 9.17) is 4.42 Å². The Hall–Kier alpha value is -3.86. The minimum atomic E-state index is -0.619. The van der Waals surface area contributed by atoms with Gasteiger partial charge in [0.15, 0.2) is 10.7 Å². The van der Waals surface area contributed by atoms with Crippen LogP contribution in [0.2, 0.25) is 0 Å². The number of oxazole rings is 1. The molecule has 0 unspecified atom stereocenters. The average molecular weight is 439 g/mol. The summed E-state index contributed by atoms with van der Waals surface area (Å²) < 4.78 is 6.45. The van der Waals surface area contributed by atoms with E-state index in [1.807, 2.05) is 25.1 Å². The van der Waals surface area contributed by atoms with E-state index in [1.165, 1.54) is 34.1 Å². The van der Waals surface area contributed by atoms with Gasteiger partial charge in [0.05, 0.1) is 32.8 Å². The lowest BCUT2D eigenvalue weighted by molar-refractivity contribution is -0.384.